The van der Waals surface area contributed by atoms with Crippen molar-refractivity contribution in [1.29, 1.82) is 0 Å². The highest BCUT2D eigenvalue weighted by atomic mass is 16.6. The van der Waals surface area contributed by atoms with E-state index in [1.54, 1.807) is 0 Å². The molecule has 1 atom stereocenters. The first kappa shape index (κ1) is 20.5. The van der Waals surface area contributed by atoms with E-state index in [1.807, 2.05) is 20.8 Å². The molecule has 3 nitrogen and oxygen atoms in total. The first-order chi connectivity index (χ1) is 10.7. The first-order valence-electron chi connectivity index (χ1n) is 9.39. The van der Waals surface area contributed by atoms with Gasteiger partial charge in [0, 0.05) is 11.9 Å². The van der Waals surface area contributed by atoms with E-state index >= 15 is 0 Å². The maximum Gasteiger partial charge on any atom is 0.306 e. The Morgan fingerprint density at radius 3 is 2.22 bits per heavy atom. The van der Waals surface area contributed by atoms with Gasteiger partial charge in [-0.2, -0.15) is 0 Å². The molecule has 0 aromatic rings. The molecule has 0 aliphatic heterocycles. The standard InChI is InChI=1S/C19H35BO3/c1-16(12-8-9-13-17(21)23-18(2,3)4)22-19(20)14-10-6-5-7-11-15-19/h16H,5-15H2,1-4H3. The van der Waals surface area contributed by atoms with Crippen molar-refractivity contribution in [3.8, 4) is 0 Å². The fourth-order valence-electron chi connectivity index (χ4n) is 3.17. The third-order valence-electron chi connectivity index (χ3n) is 4.30. The topological polar surface area (TPSA) is 35.5 Å². The maximum absolute atomic E-state index is 11.7. The average Bonchev–Trinajstić information content (AvgIpc) is 2.38. The van der Waals surface area contributed by atoms with Crippen LogP contribution >= 0.6 is 0 Å². The normalized spacial score (nSPS) is 20.3. The van der Waals surface area contributed by atoms with E-state index in [4.69, 9.17) is 17.3 Å². The molecule has 0 aromatic heterocycles. The summed E-state index contributed by atoms with van der Waals surface area (Å²) < 4.78 is 11.5. The van der Waals surface area contributed by atoms with E-state index in [9.17, 15) is 4.79 Å². The molecular formula is C19H35BO3. The summed E-state index contributed by atoms with van der Waals surface area (Å²) in [6.45, 7) is 7.80. The zero-order valence-corrected chi connectivity index (χ0v) is 15.7. The Morgan fingerprint density at radius 1 is 1.09 bits per heavy atom. The number of esters is 1. The van der Waals surface area contributed by atoms with E-state index in [0.717, 1.165) is 32.1 Å². The van der Waals surface area contributed by atoms with Gasteiger partial charge in [0.2, 0.25) is 0 Å². The van der Waals surface area contributed by atoms with Crippen molar-refractivity contribution in [2.24, 2.45) is 0 Å². The summed E-state index contributed by atoms with van der Waals surface area (Å²) in [5.74, 6) is -0.110. The van der Waals surface area contributed by atoms with Crippen molar-refractivity contribution in [1.82, 2.24) is 0 Å². The lowest BCUT2D eigenvalue weighted by molar-refractivity contribution is -0.155. The molecule has 0 saturated heterocycles. The van der Waals surface area contributed by atoms with Crippen LogP contribution in [0.5, 0.6) is 0 Å². The van der Waals surface area contributed by atoms with Crippen molar-refractivity contribution in [2.75, 3.05) is 0 Å². The molecule has 1 fully saturated rings. The van der Waals surface area contributed by atoms with Crippen LogP contribution in [0.2, 0.25) is 0 Å². The van der Waals surface area contributed by atoms with Gasteiger partial charge in [0.1, 0.15) is 13.4 Å². The maximum atomic E-state index is 11.7. The molecule has 132 valence electrons. The van der Waals surface area contributed by atoms with Crippen LogP contribution in [0.25, 0.3) is 0 Å². The number of hydrogen-bond donors (Lipinski definition) is 0. The highest BCUT2D eigenvalue weighted by molar-refractivity contribution is 6.14. The second-order valence-corrected chi connectivity index (χ2v) is 8.09. The fourth-order valence-corrected chi connectivity index (χ4v) is 3.17. The van der Waals surface area contributed by atoms with E-state index in [0.29, 0.717) is 6.42 Å². The lowest BCUT2D eigenvalue weighted by Gasteiger charge is -2.35. The van der Waals surface area contributed by atoms with Gasteiger partial charge < -0.3 is 9.47 Å². The Balaban J connectivity index is 2.20. The predicted octanol–water partition coefficient (Wildman–Crippen LogP) is 4.90. The second kappa shape index (κ2) is 9.71. The summed E-state index contributed by atoms with van der Waals surface area (Å²) in [6.07, 6.45) is 11.5. The minimum Gasteiger partial charge on any atom is -0.460 e. The summed E-state index contributed by atoms with van der Waals surface area (Å²) in [5.41, 5.74) is -0.831. The molecule has 0 N–H and O–H groups in total. The van der Waals surface area contributed by atoms with Gasteiger partial charge in [-0.05, 0) is 53.4 Å². The van der Waals surface area contributed by atoms with E-state index in [1.165, 1.54) is 32.1 Å². The quantitative estimate of drug-likeness (QED) is 0.380. The van der Waals surface area contributed by atoms with Crippen molar-refractivity contribution >= 4 is 13.8 Å². The van der Waals surface area contributed by atoms with Gasteiger partial charge >= 0.3 is 5.97 Å². The molecule has 1 aliphatic rings. The number of ether oxygens (including phenoxy) is 2. The van der Waals surface area contributed by atoms with Crippen molar-refractivity contribution in [3.05, 3.63) is 0 Å². The van der Waals surface area contributed by atoms with Gasteiger partial charge in [-0.25, -0.2) is 0 Å². The van der Waals surface area contributed by atoms with Crippen molar-refractivity contribution in [2.45, 2.75) is 116 Å². The number of hydrogen-bond acceptors (Lipinski definition) is 3. The fraction of sp³-hybridized carbons (Fsp3) is 0.947. The minimum absolute atomic E-state index is 0.110. The first-order valence-corrected chi connectivity index (χ1v) is 9.39. The van der Waals surface area contributed by atoms with Gasteiger partial charge in [0.05, 0.1) is 6.10 Å². The highest BCUT2D eigenvalue weighted by Gasteiger charge is 2.27. The van der Waals surface area contributed by atoms with Crippen LogP contribution in [0, 0.1) is 0 Å². The van der Waals surface area contributed by atoms with Crippen LogP contribution in [-0.2, 0) is 14.3 Å². The van der Waals surface area contributed by atoms with Gasteiger partial charge in [0.15, 0.2) is 0 Å². The minimum atomic E-state index is -0.439. The molecule has 1 saturated carbocycles. The third-order valence-corrected chi connectivity index (χ3v) is 4.30. The van der Waals surface area contributed by atoms with Gasteiger partial charge in [-0.15, -0.1) is 0 Å². The second-order valence-electron chi connectivity index (χ2n) is 8.09. The zero-order valence-electron chi connectivity index (χ0n) is 15.7. The van der Waals surface area contributed by atoms with Crippen LogP contribution in [0.4, 0.5) is 0 Å². The van der Waals surface area contributed by atoms with E-state index in [2.05, 4.69) is 6.92 Å². The van der Waals surface area contributed by atoms with Crippen LogP contribution in [0.3, 0.4) is 0 Å². The molecule has 0 heterocycles. The third kappa shape index (κ3) is 10.1. The SMILES string of the molecule is [B]C1(OC(C)CCCCC(=O)OC(C)(C)C)CCCCCCC1. The average molecular weight is 322 g/mol. The highest BCUT2D eigenvalue weighted by Crippen LogP contribution is 2.29. The van der Waals surface area contributed by atoms with Gasteiger partial charge in [-0.1, -0.05) is 38.5 Å². The Labute approximate surface area is 144 Å². The Bertz CT molecular complexity index is 341. The van der Waals surface area contributed by atoms with Crippen molar-refractivity contribution in [3.63, 3.8) is 0 Å². The molecule has 2 radical (unpaired) electrons. The van der Waals surface area contributed by atoms with Gasteiger partial charge in [0.25, 0.3) is 0 Å². The molecule has 0 spiro atoms. The molecule has 1 rings (SSSR count). The Kier molecular flexibility index (Phi) is 8.67. The molecule has 4 heteroatoms. The summed E-state index contributed by atoms with van der Waals surface area (Å²) in [6, 6.07) is 0. The molecule has 23 heavy (non-hydrogen) atoms. The smallest absolute Gasteiger partial charge is 0.306 e. The molecular weight excluding hydrogens is 287 g/mol. The lowest BCUT2D eigenvalue weighted by atomic mass is 9.72. The Morgan fingerprint density at radius 2 is 1.65 bits per heavy atom. The number of carbonyl (C=O) groups excluding carboxylic acids is 1. The Hall–Kier alpha value is -0.505. The molecule has 0 bridgehead atoms. The van der Waals surface area contributed by atoms with E-state index < -0.39 is 11.1 Å². The monoisotopic (exact) mass is 322 g/mol. The number of rotatable bonds is 7. The summed E-state index contributed by atoms with van der Waals surface area (Å²) >= 11 is 0. The summed E-state index contributed by atoms with van der Waals surface area (Å²) in [5, 5.41) is 0. The largest absolute Gasteiger partial charge is 0.460 e. The zero-order chi connectivity index (χ0) is 17.3. The summed E-state index contributed by atoms with van der Waals surface area (Å²) in [4.78, 5) is 11.7. The van der Waals surface area contributed by atoms with Crippen LogP contribution in [0.1, 0.15) is 98.3 Å². The van der Waals surface area contributed by atoms with E-state index in [-0.39, 0.29) is 12.1 Å². The van der Waals surface area contributed by atoms with Crippen LogP contribution in [0.15, 0.2) is 0 Å². The van der Waals surface area contributed by atoms with Crippen molar-refractivity contribution < 1.29 is 14.3 Å². The van der Waals surface area contributed by atoms with Crippen LogP contribution in [-0.4, -0.2) is 31.0 Å². The number of carbonyl (C=O) groups is 1. The van der Waals surface area contributed by atoms with Gasteiger partial charge in [-0.3, -0.25) is 4.79 Å². The molecule has 0 aromatic carbocycles. The molecule has 1 aliphatic carbocycles. The summed E-state index contributed by atoms with van der Waals surface area (Å²) in [7, 11) is 6.45. The molecule has 0 amide bonds. The number of unbranched alkanes of at least 4 members (excludes halogenated alkanes) is 1. The lowest BCUT2D eigenvalue weighted by Crippen LogP contribution is -2.37. The predicted molar refractivity (Wildman–Crippen MR) is 95.7 cm³/mol. The molecule has 1 unspecified atom stereocenters. The van der Waals surface area contributed by atoms with Crippen LogP contribution < -0.4 is 0 Å².